The van der Waals surface area contributed by atoms with Gasteiger partial charge in [-0.25, -0.2) is 13.6 Å². The number of benzene rings is 1. The van der Waals surface area contributed by atoms with Crippen molar-refractivity contribution in [2.45, 2.75) is 70.2 Å². The Hall–Kier alpha value is -1.89. The van der Waals surface area contributed by atoms with Crippen molar-refractivity contribution >= 4 is 23.6 Å². The first kappa shape index (κ1) is 20.4. The van der Waals surface area contributed by atoms with E-state index in [0.717, 1.165) is 31.4 Å². The first-order chi connectivity index (χ1) is 13.5. The van der Waals surface area contributed by atoms with Gasteiger partial charge in [0.05, 0.1) is 11.1 Å². The summed E-state index contributed by atoms with van der Waals surface area (Å²) in [5, 5.41) is 2.58. The number of fused-ring (bicyclic) bond motifs is 1. The van der Waals surface area contributed by atoms with Gasteiger partial charge >= 0.3 is 6.09 Å². The van der Waals surface area contributed by atoms with Crippen molar-refractivity contribution in [1.29, 1.82) is 0 Å². The molecule has 4 atom stereocenters. The lowest BCUT2D eigenvalue weighted by Crippen LogP contribution is -2.50. The number of carbonyl (C=O) groups is 2. The van der Waals surface area contributed by atoms with Crippen molar-refractivity contribution in [3.8, 4) is 0 Å². The van der Waals surface area contributed by atoms with Gasteiger partial charge in [-0.1, -0.05) is 11.6 Å². The Balaban J connectivity index is 1.53. The van der Waals surface area contributed by atoms with Crippen molar-refractivity contribution in [3.63, 3.8) is 0 Å². The third kappa shape index (κ3) is 4.20. The van der Waals surface area contributed by atoms with Crippen LogP contribution in [0.15, 0.2) is 12.1 Å². The van der Waals surface area contributed by atoms with Crippen molar-refractivity contribution in [2.24, 2.45) is 11.8 Å². The highest BCUT2D eigenvalue weighted by atomic mass is 35.5. The summed E-state index contributed by atoms with van der Waals surface area (Å²) in [6.45, 7) is 5.34. The summed E-state index contributed by atoms with van der Waals surface area (Å²) in [4.78, 5) is 27.2. The Morgan fingerprint density at radius 1 is 1.21 bits per heavy atom. The maximum atomic E-state index is 14.5. The van der Waals surface area contributed by atoms with E-state index in [1.165, 1.54) is 4.90 Å². The summed E-state index contributed by atoms with van der Waals surface area (Å²) in [5.74, 6) is -1.38. The minimum absolute atomic E-state index is 0.0182. The molecule has 2 saturated carbocycles. The van der Waals surface area contributed by atoms with Crippen LogP contribution in [0.4, 0.5) is 13.6 Å². The van der Waals surface area contributed by atoms with E-state index in [9.17, 15) is 18.4 Å². The van der Waals surface area contributed by atoms with Gasteiger partial charge in [0.25, 0.3) is 0 Å². The standard InChI is InChI=1S/C21H25ClF2N2O3/c1-21(2,3)29-20(28)26-16-6-11(16)7-17(26)19(27)25-18(10-4-5-10)12-8-15(24)13(22)9-14(12)23/h8-11,16-18H,4-7H2,1-3H3,(H,25,27)/t11-,16-,17-,18?/m1/s1. The number of hydrogen-bond acceptors (Lipinski definition) is 3. The number of nitrogens with one attached hydrogen (secondary N) is 1. The van der Waals surface area contributed by atoms with E-state index in [1.54, 1.807) is 20.8 Å². The zero-order valence-electron chi connectivity index (χ0n) is 16.7. The van der Waals surface area contributed by atoms with E-state index in [2.05, 4.69) is 5.32 Å². The molecule has 1 unspecified atom stereocenters. The number of nitrogens with zero attached hydrogens (tertiary/aromatic N) is 1. The Morgan fingerprint density at radius 3 is 2.52 bits per heavy atom. The SMILES string of the molecule is CC(C)(C)OC(=O)N1[C@@H](C(=O)NC(c2cc(F)c(Cl)cc2F)C2CC2)C[C@H]2C[C@H]21. The number of amides is 2. The third-order valence-electron chi connectivity index (χ3n) is 5.78. The van der Waals surface area contributed by atoms with Crippen LogP contribution in [0, 0.1) is 23.5 Å². The van der Waals surface area contributed by atoms with E-state index in [-0.39, 0.29) is 28.5 Å². The Kier molecular flexibility index (Phi) is 5.00. The quantitative estimate of drug-likeness (QED) is 0.717. The number of halogens is 3. The molecule has 2 amide bonds. The average Bonchev–Trinajstić information content (AvgIpc) is 3.53. The van der Waals surface area contributed by atoms with E-state index >= 15 is 0 Å². The van der Waals surface area contributed by atoms with Gasteiger partial charge in [0.2, 0.25) is 5.91 Å². The molecule has 5 nitrogen and oxygen atoms in total. The minimum atomic E-state index is -0.722. The van der Waals surface area contributed by atoms with Crippen LogP contribution in [0.2, 0.25) is 5.02 Å². The molecule has 1 N–H and O–H groups in total. The normalized spacial score (nSPS) is 26.7. The van der Waals surface area contributed by atoms with Gasteiger partial charge in [0.15, 0.2) is 0 Å². The Bertz CT molecular complexity index is 853. The van der Waals surface area contributed by atoms with Gasteiger partial charge in [-0.15, -0.1) is 0 Å². The second kappa shape index (κ2) is 7.11. The van der Waals surface area contributed by atoms with Crippen molar-refractivity contribution in [3.05, 3.63) is 34.4 Å². The fourth-order valence-corrected chi connectivity index (χ4v) is 4.32. The molecule has 158 valence electrons. The molecule has 1 aliphatic heterocycles. The lowest BCUT2D eigenvalue weighted by atomic mass is 10.0. The van der Waals surface area contributed by atoms with Gasteiger partial charge in [-0.2, -0.15) is 0 Å². The first-order valence-corrected chi connectivity index (χ1v) is 10.4. The molecule has 8 heteroatoms. The molecule has 1 aromatic carbocycles. The molecule has 29 heavy (non-hydrogen) atoms. The highest BCUT2D eigenvalue weighted by Gasteiger charge is 2.57. The fraction of sp³-hybridized carbons (Fsp3) is 0.619. The fourth-order valence-electron chi connectivity index (χ4n) is 4.17. The van der Waals surface area contributed by atoms with E-state index in [0.29, 0.717) is 12.3 Å². The molecular formula is C21H25ClF2N2O3. The number of ether oxygens (including phenoxy) is 1. The molecule has 1 aromatic rings. The van der Waals surface area contributed by atoms with E-state index in [4.69, 9.17) is 16.3 Å². The number of likely N-dealkylation sites (tertiary alicyclic amines) is 1. The largest absolute Gasteiger partial charge is 0.444 e. The molecule has 2 aliphatic carbocycles. The lowest BCUT2D eigenvalue weighted by Gasteiger charge is -2.31. The molecule has 4 rings (SSSR count). The highest BCUT2D eigenvalue weighted by molar-refractivity contribution is 6.30. The molecule has 0 bridgehead atoms. The zero-order valence-corrected chi connectivity index (χ0v) is 17.4. The topological polar surface area (TPSA) is 58.6 Å². The summed E-state index contributed by atoms with van der Waals surface area (Å²) >= 11 is 5.66. The number of rotatable bonds is 4. The Labute approximate surface area is 173 Å². The third-order valence-corrected chi connectivity index (χ3v) is 6.07. The van der Waals surface area contributed by atoms with Crippen LogP contribution in [0.5, 0.6) is 0 Å². The first-order valence-electron chi connectivity index (χ1n) is 10.0. The van der Waals surface area contributed by atoms with Gasteiger partial charge < -0.3 is 10.1 Å². The van der Waals surface area contributed by atoms with Crippen molar-refractivity contribution < 1.29 is 23.1 Å². The van der Waals surface area contributed by atoms with Crippen molar-refractivity contribution in [1.82, 2.24) is 10.2 Å². The summed E-state index contributed by atoms with van der Waals surface area (Å²) in [6.07, 6.45) is 2.56. The van der Waals surface area contributed by atoms with Crippen LogP contribution in [0.3, 0.4) is 0 Å². The van der Waals surface area contributed by atoms with Gasteiger partial charge in [-0.3, -0.25) is 9.69 Å². The second-order valence-corrected chi connectivity index (χ2v) is 9.72. The summed E-state index contributed by atoms with van der Waals surface area (Å²) in [6, 6.07) is 0.705. The lowest BCUT2D eigenvalue weighted by molar-refractivity contribution is -0.127. The predicted molar refractivity (Wildman–Crippen MR) is 103 cm³/mol. The molecule has 1 heterocycles. The molecule has 0 spiro atoms. The molecule has 0 radical (unpaired) electrons. The van der Waals surface area contributed by atoms with Crippen LogP contribution >= 0.6 is 11.6 Å². The molecule has 0 aromatic heterocycles. The summed E-state index contributed by atoms with van der Waals surface area (Å²) in [5.41, 5.74) is -0.569. The van der Waals surface area contributed by atoms with Crippen LogP contribution in [-0.4, -0.2) is 34.6 Å². The van der Waals surface area contributed by atoms with Gasteiger partial charge in [0.1, 0.15) is 23.3 Å². The van der Waals surface area contributed by atoms with Crippen LogP contribution in [-0.2, 0) is 9.53 Å². The van der Waals surface area contributed by atoms with Crippen LogP contribution in [0.25, 0.3) is 0 Å². The van der Waals surface area contributed by atoms with Crippen LogP contribution < -0.4 is 5.32 Å². The maximum absolute atomic E-state index is 14.5. The Morgan fingerprint density at radius 2 is 1.90 bits per heavy atom. The van der Waals surface area contributed by atoms with E-state index < -0.39 is 35.4 Å². The zero-order chi connectivity index (χ0) is 21.1. The number of piperidine rings is 1. The molecular weight excluding hydrogens is 402 g/mol. The smallest absolute Gasteiger partial charge is 0.411 e. The molecule has 1 saturated heterocycles. The van der Waals surface area contributed by atoms with Crippen LogP contribution in [0.1, 0.15) is 58.1 Å². The van der Waals surface area contributed by atoms with Gasteiger partial charge in [-0.05, 0) is 70.4 Å². The average molecular weight is 427 g/mol. The number of carbonyl (C=O) groups excluding carboxylic acids is 2. The maximum Gasteiger partial charge on any atom is 0.411 e. The van der Waals surface area contributed by atoms with Crippen molar-refractivity contribution in [2.75, 3.05) is 0 Å². The number of hydrogen-bond donors (Lipinski definition) is 1. The monoisotopic (exact) mass is 426 g/mol. The second-order valence-electron chi connectivity index (χ2n) is 9.31. The highest BCUT2D eigenvalue weighted by Crippen LogP contribution is 2.49. The minimum Gasteiger partial charge on any atom is -0.444 e. The molecule has 3 aliphatic rings. The summed E-state index contributed by atoms with van der Waals surface area (Å²) in [7, 11) is 0. The van der Waals surface area contributed by atoms with Gasteiger partial charge in [0, 0.05) is 11.6 Å². The predicted octanol–water partition coefficient (Wildman–Crippen LogP) is 4.58. The molecule has 3 fully saturated rings. The summed E-state index contributed by atoms with van der Waals surface area (Å²) < 4.78 is 33.9. The van der Waals surface area contributed by atoms with E-state index in [1.807, 2.05) is 0 Å².